The van der Waals surface area contributed by atoms with E-state index >= 15 is 0 Å². The minimum absolute atomic E-state index is 1.01. The molecule has 0 aliphatic rings. The Morgan fingerprint density at radius 3 is 0.772 bits per heavy atom. The van der Waals surface area contributed by atoms with Gasteiger partial charge in [-0.3, -0.25) is 0 Å². The Balaban J connectivity index is 0.000000142. The van der Waals surface area contributed by atoms with Crippen LogP contribution < -0.4 is 0 Å². The molecule has 0 atom stereocenters. The third-order valence-corrected chi connectivity index (χ3v) is 25.3. The molecular formula is C118H75N5. The largest absolute Gasteiger partial charge is 0.309 e. The molecule has 0 fully saturated rings. The van der Waals surface area contributed by atoms with E-state index in [1.165, 1.54) is 186 Å². The molecule has 0 spiro atoms. The molecule has 572 valence electrons. The van der Waals surface area contributed by atoms with E-state index in [9.17, 15) is 0 Å². The fraction of sp³-hybridized carbons (Fsp3) is 0. The molecule has 5 aromatic heterocycles. The lowest BCUT2D eigenvalue weighted by Crippen LogP contribution is -1.96. The summed E-state index contributed by atoms with van der Waals surface area (Å²) in [5, 5.41) is 19.7. The predicted molar refractivity (Wildman–Crippen MR) is 520 cm³/mol. The number of rotatable bonds is 11. The Morgan fingerprint density at radius 2 is 0.390 bits per heavy atom. The predicted octanol–water partition coefficient (Wildman–Crippen LogP) is 31.7. The number of para-hydroxylation sites is 5. The van der Waals surface area contributed by atoms with E-state index in [4.69, 9.17) is 9.97 Å². The lowest BCUT2D eigenvalue weighted by atomic mass is 9.94. The molecule has 0 amide bonds. The SMILES string of the molecule is c1cc(-c2cccc(-n3c4ccccc4c4cc(-c5ccc(-c6ccc(-c7nc8ccccc8c8c7ccc7ccccc78)cc6)cc5)ccc43)c2)cc(-n2c3ccccc3c3ccccc32)c1.c1ccc(-c2ccc3c(c2)c2cc(-c4ccccc4)ccc2n3-c2cccc(-c3ccc(-c4nc5ccccc5c5c4ccc4ccccc45)cc3)c2)cc1. The van der Waals surface area contributed by atoms with Crippen LogP contribution in [0.5, 0.6) is 0 Å². The second-order valence-electron chi connectivity index (χ2n) is 32.2. The van der Waals surface area contributed by atoms with Crippen LogP contribution in [0.1, 0.15) is 0 Å². The van der Waals surface area contributed by atoms with Crippen molar-refractivity contribution in [3.05, 3.63) is 455 Å². The van der Waals surface area contributed by atoms with Gasteiger partial charge in [-0.15, -0.1) is 0 Å². The van der Waals surface area contributed by atoms with Crippen LogP contribution in [0.25, 0.3) is 237 Å². The first-order valence-electron chi connectivity index (χ1n) is 42.2. The topological polar surface area (TPSA) is 40.6 Å². The maximum absolute atomic E-state index is 5.24. The van der Waals surface area contributed by atoms with Crippen molar-refractivity contribution in [2.75, 3.05) is 0 Å². The Kier molecular flexibility index (Phi) is 16.9. The summed E-state index contributed by atoms with van der Waals surface area (Å²) < 4.78 is 7.22. The Bertz CT molecular complexity index is 8350. The zero-order valence-corrected chi connectivity index (χ0v) is 67.0. The van der Waals surface area contributed by atoms with E-state index in [1.54, 1.807) is 0 Å². The van der Waals surface area contributed by atoms with E-state index in [1.807, 2.05) is 0 Å². The number of benzene rings is 20. The van der Waals surface area contributed by atoms with Gasteiger partial charge in [0.2, 0.25) is 0 Å². The van der Waals surface area contributed by atoms with Gasteiger partial charge in [0.05, 0.1) is 55.5 Å². The first-order valence-corrected chi connectivity index (χ1v) is 42.2. The first kappa shape index (κ1) is 70.8. The number of hydrogen-bond donors (Lipinski definition) is 0. The Labute approximate surface area is 710 Å². The van der Waals surface area contributed by atoms with Crippen molar-refractivity contribution in [2.24, 2.45) is 0 Å². The van der Waals surface area contributed by atoms with Crippen LogP contribution in [0.3, 0.4) is 0 Å². The van der Waals surface area contributed by atoms with Crippen LogP contribution in [0, 0.1) is 0 Å². The lowest BCUT2D eigenvalue weighted by Gasteiger charge is -2.13. The quantitative estimate of drug-likeness (QED) is 0.121. The number of fused-ring (bicyclic) bond motifs is 19. The van der Waals surface area contributed by atoms with Crippen molar-refractivity contribution in [3.63, 3.8) is 0 Å². The van der Waals surface area contributed by atoms with Gasteiger partial charge in [0.15, 0.2) is 0 Å². The van der Waals surface area contributed by atoms with Crippen LogP contribution >= 0.6 is 0 Å². The average molecular weight is 1560 g/mol. The number of pyridine rings is 2. The van der Waals surface area contributed by atoms with Crippen molar-refractivity contribution < 1.29 is 0 Å². The van der Waals surface area contributed by atoms with Gasteiger partial charge in [-0.05, 0) is 191 Å². The highest BCUT2D eigenvalue weighted by Crippen LogP contribution is 2.45. The Morgan fingerprint density at radius 1 is 0.138 bits per heavy atom. The van der Waals surface area contributed by atoms with Crippen LogP contribution in [-0.4, -0.2) is 23.7 Å². The molecule has 0 aliphatic heterocycles. The highest BCUT2D eigenvalue weighted by molar-refractivity contribution is 6.24. The highest BCUT2D eigenvalue weighted by Gasteiger charge is 2.22. The minimum atomic E-state index is 1.01. The van der Waals surface area contributed by atoms with Gasteiger partial charge in [0, 0.05) is 92.8 Å². The van der Waals surface area contributed by atoms with E-state index in [-0.39, 0.29) is 0 Å². The summed E-state index contributed by atoms with van der Waals surface area (Å²) in [7, 11) is 0. The summed E-state index contributed by atoms with van der Waals surface area (Å²) in [5.74, 6) is 0. The zero-order chi connectivity index (χ0) is 81.0. The minimum Gasteiger partial charge on any atom is -0.309 e. The van der Waals surface area contributed by atoms with Crippen LogP contribution in [0.15, 0.2) is 455 Å². The summed E-state index contributed by atoms with van der Waals surface area (Å²) in [6.45, 7) is 0. The summed E-state index contributed by atoms with van der Waals surface area (Å²) in [4.78, 5) is 10.5. The van der Waals surface area contributed by atoms with E-state index in [0.29, 0.717) is 0 Å². The maximum atomic E-state index is 5.24. The van der Waals surface area contributed by atoms with Crippen LogP contribution in [0.4, 0.5) is 0 Å². The van der Waals surface area contributed by atoms with Gasteiger partial charge in [-0.1, -0.05) is 352 Å². The summed E-state index contributed by atoms with van der Waals surface area (Å²) in [5.41, 5.74) is 31.2. The number of aromatic nitrogens is 5. The molecule has 0 unspecified atom stereocenters. The van der Waals surface area contributed by atoms with Gasteiger partial charge in [0.25, 0.3) is 0 Å². The molecule has 123 heavy (non-hydrogen) atoms. The zero-order valence-electron chi connectivity index (χ0n) is 67.0. The van der Waals surface area contributed by atoms with Gasteiger partial charge in [0.1, 0.15) is 0 Å². The summed E-state index contributed by atoms with van der Waals surface area (Å²) >= 11 is 0. The molecule has 5 nitrogen and oxygen atoms in total. The van der Waals surface area contributed by atoms with Crippen molar-refractivity contribution in [1.82, 2.24) is 23.7 Å². The highest BCUT2D eigenvalue weighted by atomic mass is 15.0. The van der Waals surface area contributed by atoms with Crippen LogP contribution in [0.2, 0.25) is 0 Å². The summed E-state index contributed by atoms with van der Waals surface area (Å²) in [6, 6.07) is 165. The lowest BCUT2D eigenvalue weighted by molar-refractivity contribution is 1.17. The van der Waals surface area contributed by atoms with Gasteiger partial charge < -0.3 is 13.7 Å². The van der Waals surface area contributed by atoms with E-state index < -0.39 is 0 Å². The van der Waals surface area contributed by atoms with Crippen molar-refractivity contribution in [2.45, 2.75) is 0 Å². The first-order chi connectivity index (χ1) is 61.0. The third kappa shape index (κ3) is 12.2. The number of hydrogen-bond acceptors (Lipinski definition) is 2. The standard InChI is InChI=1S/C65H41N3.C53H34N2/c1-2-18-52-45(13-1)35-37-57-64(52)56-22-3-7-23-59(56)66-65(57)46-33-31-43(32-34-46)42-27-29-44(30-28-42)49-36-38-63-58(41-49)55-21-6-10-26-62(55)68(63)51-17-12-15-48(40-51)47-14-11-16-50(39-47)67-60-24-8-4-19-53(60)54-20-5-9-25-61(54)67;1-3-12-35(13-4-1)41-27-30-50-47(33-41)48-34-42(36-14-5-2-6-15-36)28-31-51(48)55(50)43-18-11-17-40(32-43)37-22-24-39(25-23-37)53-46-29-26-38-16-7-8-19-44(38)52(46)45-20-9-10-21-49(45)54-53/h1-41H;1-34H. The van der Waals surface area contributed by atoms with E-state index in [2.05, 4.69) is 469 Å². The fourth-order valence-corrected chi connectivity index (χ4v) is 19.4. The molecule has 0 aliphatic carbocycles. The molecule has 0 radical (unpaired) electrons. The second kappa shape index (κ2) is 29.3. The molecule has 0 saturated carbocycles. The number of nitrogens with zero attached hydrogens (tertiary/aromatic N) is 5. The van der Waals surface area contributed by atoms with Crippen molar-refractivity contribution >= 4 is 130 Å². The molecule has 5 heterocycles. The average Bonchev–Trinajstić information content (AvgIpc) is 1.38. The van der Waals surface area contributed by atoms with Gasteiger partial charge in [-0.2, -0.15) is 0 Å². The third-order valence-electron chi connectivity index (χ3n) is 25.3. The van der Waals surface area contributed by atoms with Crippen molar-refractivity contribution in [3.8, 4) is 106 Å². The molecule has 20 aromatic carbocycles. The molecule has 25 rings (SSSR count). The molecular weight excluding hydrogens is 1490 g/mol. The maximum Gasteiger partial charge on any atom is 0.0788 e. The molecule has 5 heteroatoms. The van der Waals surface area contributed by atoms with Gasteiger partial charge in [-0.25, -0.2) is 9.97 Å². The van der Waals surface area contributed by atoms with E-state index in [0.717, 1.165) is 50.6 Å². The normalized spacial score (nSPS) is 11.7. The molecule has 25 aromatic rings. The van der Waals surface area contributed by atoms with Gasteiger partial charge >= 0.3 is 0 Å². The second-order valence-corrected chi connectivity index (χ2v) is 32.2. The molecule has 0 N–H and O–H groups in total. The summed E-state index contributed by atoms with van der Waals surface area (Å²) in [6.07, 6.45) is 0. The fourth-order valence-electron chi connectivity index (χ4n) is 19.4. The monoisotopic (exact) mass is 1560 g/mol. The molecule has 0 bridgehead atoms. The van der Waals surface area contributed by atoms with Crippen LogP contribution in [-0.2, 0) is 0 Å². The van der Waals surface area contributed by atoms with Crippen molar-refractivity contribution in [1.29, 1.82) is 0 Å². The Hall–Kier alpha value is -16.3. The molecule has 0 saturated heterocycles. The smallest absolute Gasteiger partial charge is 0.0788 e.